The monoisotopic (exact) mass is 516 g/mol. The summed E-state index contributed by atoms with van der Waals surface area (Å²) < 4.78 is 0.776. The molecular weight excluding hydrogens is 496 g/mol. The minimum absolute atomic E-state index is 0.00117. The van der Waals surface area contributed by atoms with Crippen LogP contribution in [0.5, 0.6) is 5.75 Å². The van der Waals surface area contributed by atoms with Crippen molar-refractivity contribution in [2.75, 3.05) is 4.90 Å². The van der Waals surface area contributed by atoms with Gasteiger partial charge in [0.15, 0.2) is 5.13 Å². The van der Waals surface area contributed by atoms with Gasteiger partial charge in [-0.05, 0) is 78.8 Å². The van der Waals surface area contributed by atoms with Crippen molar-refractivity contribution < 1.29 is 19.8 Å². The van der Waals surface area contributed by atoms with Crippen molar-refractivity contribution in [3.8, 4) is 5.75 Å². The van der Waals surface area contributed by atoms with Gasteiger partial charge in [0.2, 0.25) is 0 Å². The van der Waals surface area contributed by atoms with Gasteiger partial charge in [-0.15, -0.1) is 0 Å². The molecule has 0 spiro atoms. The third kappa shape index (κ3) is 3.75. The minimum Gasteiger partial charge on any atom is -0.508 e. The van der Waals surface area contributed by atoms with Gasteiger partial charge in [-0.3, -0.25) is 14.5 Å². The number of thiazole rings is 1. The first-order valence-corrected chi connectivity index (χ1v) is 12.9. The molecule has 1 aromatic heterocycles. The molecule has 1 amide bonds. The van der Waals surface area contributed by atoms with E-state index in [1.807, 2.05) is 12.1 Å². The highest BCUT2D eigenvalue weighted by molar-refractivity contribution is 7.22. The van der Waals surface area contributed by atoms with E-state index >= 15 is 0 Å². The van der Waals surface area contributed by atoms with Gasteiger partial charge < -0.3 is 10.2 Å². The van der Waals surface area contributed by atoms with E-state index in [-0.39, 0.29) is 17.1 Å². The van der Waals surface area contributed by atoms with Crippen LogP contribution in [0.2, 0.25) is 5.02 Å². The molecule has 1 aliphatic carbocycles. The van der Waals surface area contributed by atoms with Gasteiger partial charge in [0.1, 0.15) is 11.5 Å². The van der Waals surface area contributed by atoms with Crippen molar-refractivity contribution in [1.29, 1.82) is 0 Å². The number of aromatic nitrogens is 1. The maximum Gasteiger partial charge on any atom is 0.301 e. The number of carbonyl (C=O) groups is 2. The third-order valence-corrected chi connectivity index (χ3v) is 8.07. The summed E-state index contributed by atoms with van der Waals surface area (Å²) in [5.41, 5.74) is 4.14. The highest BCUT2D eigenvalue weighted by atomic mass is 35.5. The molecular formula is C28H21ClN2O4S. The topological polar surface area (TPSA) is 90.7 Å². The van der Waals surface area contributed by atoms with Crippen molar-refractivity contribution >= 4 is 55.7 Å². The molecule has 1 unspecified atom stereocenters. The molecule has 6 rings (SSSR count). The Morgan fingerprint density at radius 3 is 2.50 bits per heavy atom. The van der Waals surface area contributed by atoms with Crippen LogP contribution >= 0.6 is 22.9 Å². The van der Waals surface area contributed by atoms with Crippen LogP contribution in [0.25, 0.3) is 16.0 Å². The van der Waals surface area contributed by atoms with E-state index in [0.29, 0.717) is 26.8 Å². The lowest BCUT2D eigenvalue weighted by Gasteiger charge is -2.23. The smallest absolute Gasteiger partial charge is 0.301 e. The molecule has 36 heavy (non-hydrogen) atoms. The maximum absolute atomic E-state index is 13.4. The van der Waals surface area contributed by atoms with E-state index in [1.54, 1.807) is 36.4 Å². The van der Waals surface area contributed by atoms with Crippen LogP contribution < -0.4 is 4.90 Å². The van der Waals surface area contributed by atoms with Gasteiger partial charge in [0.05, 0.1) is 21.8 Å². The van der Waals surface area contributed by atoms with E-state index in [0.717, 1.165) is 35.9 Å². The zero-order valence-corrected chi connectivity index (χ0v) is 20.6. The summed E-state index contributed by atoms with van der Waals surface area (Å²) in [6.07, 6.45) is 4.13. The Balaban J connectivity index is 1.54. The van der Waals surface area contributed by atoms with Crippen LogP contribution in [-0.4, -0.2) is 26.9 Å². The summed E-state index contributed by atoms with van der Waals surface area (Å²) in [4.78, 5) is 32.7. The number of nitrogens with zero attached hydrogens (tertiary/aromatic N) is 2. The van der Waals surface area contributed by atoms with Crippen LogP contribution in [0.4, 0.5) is 5.13 Å². The minimum atomic E-state index is -0.905. The molecule has 0 bridgehead atoms. The fraction of sp³-hybridized carbons (Fsp3) is 0.179. The normalized spacial score (nSPS) is 19.1. The summed E-state index contributed by atoms with van der Waals surface area (Å²) in [5, 5.41) is 22.1. The Labute approximate surface area is 216 Å². The highest BCUT2D eigenvalue weighted by Gasteiger charge is 2.48. The number of fused-ring (bicyclic) bond motifs is 2. The number of phenols is 1. The average Bonchev–Trinajstić information content (AvgIpc) is 3.41. The average molecular weight is 517 g/mol. The number of rotatable bonds is 3. The number of aliphatic hydroxyl groups is 1. The summed E-state index contributed by atoms with van der Waals surface area (Å²) in [6.45, 7) is 0. The lowest BCUT2D eigenvalue weighted by Crippen LogP contribution is -2.29. The van der Waals surface area contributed by atoms with Gasteiger partial charge in [0.25, 0.3) is 5.78 Å². The Morgan fingerprint density at radius 2 is 1.72 bits per heavy atom. The van der Waals surface area contributed by atoms with E-state index < -0.39 is 17.7 Å². The Hall–Kier alpha value is -3.68. The molecule has 6 nitrogen and oxygen atoms in total. The predicted octanol–water partition coefficient (Wildman–Crippen LogP) is 6.16. The van der Waals surface area contributed by atoms with Gasteiger partial charge in [0, 0.05) is 10.6 Å². The number of aliphatic hydroxyl groups excluding tert-OH is 1. The number of aromatic hydroxyl groups is 1. The molecule has 1 aliphatic heterocycles. The summed E-state index contributed by atoms with van der Waals surface area (Å²) >= 11 is 7.39. The number of hydrogen-bond donors (Lipinski definition) is 2. The third-order valence-electron chi connectivity index (χ3n) is 6.82. The maximum atomic E-state index is 13.4. The van der Waals surface area contributed by atoms with E-state index in [4.69, 9.17) is 11.6 Å². The zero-order chi connectivity index (χ0) is 25.0. The first-order valence-electron chi connectivity index (χ1n) is 11.7. The molecule has 1 saturated heterocycles. The summed E-state index contributed by atoms with van der Waals surface area (Å²) in [6, 6.07) is 16.3. The number of carbonyl (C=O) groups excluding carboxylic acids is 2. The number of ketones is 1. The van der Waals surface area contributed by atoms with Crippen LogP contribution in [-0.2, 0) is 22.4 Å². The fourth-order valence-corrected chi connectivity index (χ4v) is 6.30. The second-order valence-electron chi connectivity index (χ2n) is 9.06. The van der Waals surface area contributed by atoms with Gasteiger partial charge >= 0.3 is 5.91 Å². The standard InChI is InChI=1S/C28H21ClN2O4S/c29-19-9-12-21-22(14-19)36-28(30-21)31-24(16-7-10-20(32)11-8-16)23(26(34)27(31)35)25(33)18-6-5-15-3-1-2-4-17(15)13-18/h5-14,24,32-33H,1-4H2/b25-23+. The molecule has 2 heterocycles. The number of aryl methyl sites for hydroxylation is 2. The van der Waals surface area contributed by atoms with Crippen LogP contribution in [0.3, 0.4) is 0 Å². The molecule has 3 aromatic carbocycles. The molecule has 8 heteroatoms. The van der Waals surface area contributed by atoms with Crippen molar-refractivity contribution in [2.45, 2.75) is 31.7 Å². The largest absolute Gasteiger partial charge is 0.508 e. The van der Waals surface area contributed by atoms with Gasteiger partial charge in [-0.1, -0.05) is 47.2 Å². The number of halogens is 1. The van der Waals surface area contributed by atoms with Crippen molar-refractivity contribution in [3.05, 3.63) is 93.5 Å². The van der Waals surface area contributed by atoms with E-state index in [2.05, 4.69) is 4.98 Å². The molecule has 180 valence electrons. The van der Waals surface area contributed by atoms with Crippen LogP contribution in [0.1, 0.15) is 41.1 Å². The zero-order valence-electron chi connectivity index (χ0n) is 19.1. The fourth-order valence-electron chi connectivity index (χ4n) is 5.03. The molecule has 1 atom stereocenters. The van der Waals surface area contributed by atoms with Crippen LogP contribution in [0, 0.1) is 0 Å². The summed E-state index contributed by atoms with van der Waals surface area (Å²) in [5.74, 6) is -1.70. The number of Topliss-reactive ketones (excluding diaryl/α,β-unsaturated/α-hetero) is 1. The number of benzene rings is 3. The number of hydrogen-bond acceptors (Lipinski definition) is 6. The predicted molar refractivity (Wildman–Crippen MR) is 141 cm³/mol. The second kappa shape index (κ2) is 8.76. The highest BCUT2D eigenvalue weighted by Crippen LogP contribution is 2.45. The SMILES string of the molecule is O=C1C(=O)N(c2nc3ccc(Cl)cc3s2)C(c2ccc(O)cc2)/C1=C(\O)c1ccc2c(c1)CCCC2. The number of phenolic OH excluding ortho intramolecular Hbond substituents is 1. The first-order chi connectivity index (χ1) is 17.4. The Morgan fingerprint density at radius 1 is 0.972 bits per heavy atom. The first kappa shape index (κ1) is 22.8. The molecule has 2 aliphatic rings. The summed E-state index contributed by atoms with van der Waals surface area (Å²) in [7, 11) is 0. The van der Waals surface area contributed by atoms with Crippen molar-refractivity contribution in [2.24, 2.45) is 0 Å². The quantitative estimate of drug-likeness (QED) is 0.193. The molecule has 0 saturated carbocycles. The van der Waals surface area contributed by atoms with E-state index in [1.165, 1.54) is 33.9 Å². The molecule has 0 radical (unpaired) electrons. The van der Waals surface area contributed by atoms with Crippen LogP contribution in [0.15, 0.2) is 66.2 Å². The lowest BCUT2D eigenvalue weighted by atomic mass is 9.89. The molecule has 2 N–H and O–H groups in total. The Kier molecular flexibility index (Phi) is 5.54. The van der Waals surface area contributed by atoms with E-state index in [9.17, 15) is 19.8 Å². The molecule has 4 aromatic rings. The number of anilines is 1. The second-order valence-corrected chi connectivity index (χ2v) is 10.5. The molecule has 1 fully saturated rings. The van der Waals surface area contributed by atoms with Crippen molar-refractivity contribution in [1.82, 2.24) is 4.98 Å². The number of amides is 1. The van der Waals surface area contributed by atoms with Gasteiger partial charge in [-0.25, -0.2) is 4.98 Å². The lowest BCUT2D eigenvalue weighted by molar-refractivity contribution is -0.132. The van der Waals surface area contributed by atoms with Gasteiger partial charge in [-0.2, -0.15) is 0 Å². The van der Waals surface area contributed by atoms with Crippen molar-refractivity contribution in [3.63, 3.8) is 0 Å². The Bertz CT molecular complexity index is 1570.